The first-order valence-electron chi connectivity index (χ1n) is 9.40. The fraction of sp³-hybridized carbons (Fsp3) is 0.333. The van der Waals surface area contributed by atoms with Gasteiger partial charge in [0.2, 0.25) is 11.8 Å². The lowest BCUT2D eigenvalue weighted by molar-refractivity contribution is -0.384. The molecule has 0 radical (unpaired) electrons. The van der Waals surface area contributed by atoms with E-state index in [0.717, 1.165) is 12.0 Å². The number of piperidine rings is 1. The van der Waals surface area contributed by atoms with Gasteiger partial charge in [0.25, 0.3) is 5.69 Å². The molecule has 146 valence electrons. The summed E-state index contributed by atoms with van der Waals surface area (Å²) in [6.45, 7) is 1.15. The van der Waals surface area contributed by atoms with E-state index in [-0.39, 0.29) is 23.4 Å². The second kappa shape index (κ2) is 9.12. The van der Waals surface area contributed by atoms with Crippen LogP contribution in [0, 0.1) is 16.0 Å². The number of nitro benzene ring substituents is 1. The Kier molecular flexibility index (Phi) is 6.37. The van der Waals surface area contributed by atoms with Gasteiger partial charge in [-0.15, -0.1) is 0 Å². The number of nitro groups is 1. The first-order valence-corrected chi connectivity index (χ1v) is 9.40. The molecule has 1 aliphatic rings. The Morgan fingerprint density at radius 1 is 1.04 bits per heavy atom. The molecule has 0 bridgehead atoms. The third-order valence-corrected chi connectivity index (χ3v) is 5.03. The van der Waals surface area contributed by atoms with Crippen molar-refractivity contribution < 1.29 is 14.5 Å². The van der Waals surface area contributed by atoms with Crippen molar-refractivity contribution in [2.24, 2.45) is 5.92 Å². The highest BCUT2D eigenvalue weighted by atomic mass is 16.6. The van der Waals surface area contributed by atoms with E-state index >= 15 is 0 Å². The predicted molar refractivity (Wildman–Crippen MR) is 106 cm³/mol. The summed E-state index contributed by atoms with van der Waals surface area (Å²) in [5, 5.41) is 13.5. The minimum atomic E-state index is -0.476. The molecule has 0 spiro atoms. The summed E-state index contributed by atoms with van der Waals surface area (Å²) in [6.07, 6.45) is 2.44. The molecule has 1 fully saturated rings. The third-order valence-electron chi connectivity index (χ3n) is 5.03. The van der Waals surface area contributed by atoms with Crippen LogP contribution in [0.4, 0.5) is 11.4 Å². The summed E-state index contributed by atoms with van der Waals surface area (Å²) in [5.74, 6) is -0.142. The molecule has 28 heavy (non-hydrogen) atoms. The van der Waals surface area contributed by atoms with Crippen LogP contribution in [0.1, 0.15) is 24.8 Å². The third kappa shape index (κ3) is 5.16. The lowest BCUT2D eigenvalue weighted by Gasteiger charge is -2.31. The second-order valence-electron chi connectivity index (χ2n) is 6.93. The van der Waals surface area contributed by atoms with Gasteiger partial charge in [0.15, 0.2) is 0 Å². The van der Waals surface area contributed by atoms with Crippen molar-refractivity contribution in [2.45, 2.75) is 25.7 Å². The van der Waals surface area contributed by atoms with Crippen LogP contribution in [0.2, 0.25) is 0 Å². The number of nitrogens with zero attached hydrogens (tertiary/aromatic N) is 2. The SMILES string of the molecule is O=C(Nc1ccc([N+](=O)[O-])cc1)C1CCN(C(=O)CCc2ccccc2)CC1. The minimum Gasteiger partial charge on any atom is -0.343 e. The zero-order valence-corrected chi connectivity index (χ0v) is 15.5. The van der Waals surface area contributed by atoms with E-state index in [4.69, 9.17) is 0 Å². The van der Waals surface area contributed by atoms with Crippen LogP contribution in [-0.2, 0) is 16.0 Å². The molecule has 7 nitrogen and oxygen atoms in total. The largest absolute Gasteiger partial charge is 0.343 e. The maximum atomic E-state index is 12.4. The molecule has 3 rings (SSSR count). The smallest absolute Gasteiger partial charge is 0.269 e. The summed E-state index contributed by atoms with van der Waals surface area (Å²) in [5.41, 5.74) is 1.67. The number of rotatable bonds is 6. The Balaban J connectivity index is 1.44. The van der Waals surface area contributed by atoms with E-state index in [1.54, 1.807) is 0 Å². The maximum absolute atomic E-state index is 12.4. The van der Waals surface area contributed by atoms with E-state index in [1.165, 1.54) is 24.3 Å². The topological polar surface area (TPSA) is 92.5 Å². The monoisotopic (exact) mass is 381 g/mol. The molecule has 1 N–H and O–H groups in total. The summed E-state index contributed by atoms with van der Waals surface area (Å²) in [4.78, 5) is 36.9. The number of non-ortho nitro benzene ring substituents is 1. The van der Waals surface area contributed by atoms with Gasteiger partial charge < -0.3 is 10.2 Å². The van der Waals surface area contributed by atoms with Gasteiger partial charge in [-0.1, -0.05) is 30.3 Å². The normalized spacial score (nSPS) is 14.5. The van der Waals surface area contributed by atoms with Crippen LogP contribution in [0.5, 0.6) is 0 Å². The van der Waals surface area contributed by atoms with E-state index < -0.39 is 4.92 Å². The lowest BCUT2D eigenvalue weighted by Crippen LogP contribution is -2.41. The van der Waals surface area contributed by atoms with Crippen LogP contribution >= 0.6 is 0 Å². The van der Waals surface area contributed by atoms with Crippen LogP contribution in [0.3, 0.4) is 0 Å². The molecular weight excluding hydrogens is 358 g/mol. The van der Waals surface area contributed by atoms with Gasteiger partial charge >= 0.3 is 0 Å². The average Bonchev–Trinajstić information content (AvgIpc) is 2.73. The zero-order valence-electron chi connectivity index (χ0n) is 15.5. The number of carbonyl (C=O) groups excluding carboxylic acids is 2. The summed E-state index contributed by atoms with van der Waals surface area (Å²) in [6, 6.07) is 15.7. The standard InChI is InChI=1S/C21H23N3O4/c25-20(11-6-16-4-2-1-3-5-16)23-14-12-17(13-15-23)21(26)22-18-7-9-19(10-8-18)24(27)28/h1-5,7-10,17H,6,11-15H2,(H,22,26). The number of hydrogen-bond donors (Lipinski definition) is 1. The highest BCUT2D eigenvalue weighted by Crippen LogP contribution is 2.21. The molecule has 2 amide bonds. The molecule has 0 aromatic heterocycles. The van der Waals surface area contributed by atoms with Crippen molar-refractivity contribution in [3.05, 3.63) is 70.3 Å². The van der Waals surface area contributed by atoms with Crippen molar-refractivity contribution in [1.82, 2.24) is 4.90 Å². The van der Waals surface area contributed by atoms with E-state index in [2.05, 4.69) is 5.32 Å². The first kappa shape index (κ1) is 19.5. The summed E-state index contributed by atoms with van der Waals surface area (Å²) < 4.78 is 0. The van der Waals surface area contributed by atoms with Gasteiger partial charge in [0.05, 0.1) is 4.92 Å². The highest BCUT2D eigenvalue weighted by Gasteiger charge is 2.27. The van der Waals surface area contributed by atoms with Crippen LogP contribution in [0.25, 0.3) is 0 Å². The van der Waals surface area contributed by atoms with Crippen LogP contribution in [-0.4, -0.2) is 34.7 Å². The molecule has 0 unspecified atom stereocenters. The molecule has 0 aliphatic carbocycles. The minimum absolute atomic E-state index is 0.0136. The van der Waals surface area contributed by atoms with Crippen LogP contribution in [0.15, 0.2) is 54.6 Å². The maximum Gasteiger partial charge on any atom is 0.269 e. The van der Waals surface area contributed by atoms with Gasteiger partial charge in [-0.25, -0.2) is 0 Å². The molecule has 0 atom stereocenters. The molecule has 2 aromatic rings. The fourth-order valence-corrected chi connectivity index (χ4v) is 3.36. The van der Waals surface area contributed by atoms with Crippen molar-refractivity contribution in [3.8, 4) is 0 Å². The van der Waals surface area contributed by atoms with Crippen molar-refractivity contribution in [1.29, 1.82) is 0 Å². The van der Waals surface area contributed by atoms with Crippen LogP contribution < -0.4 is 5.32 Å². The van der Waals surface area contributed by atoms with E-state index in [1.807, 2.05) is 35.2 Å². The molecular formula is C21H23N3O4. The number of hydrogen-bond acceptors (Lipinski definition) is 4. The molecule has 1 aliphatic heterocycles. The van der Waals surface area contributed by atoms with Crippen molar-refractivity contribution >= 4 is 23.2 Å². The highest BCUT2D eigenvalue weighted by molar-refractivity contribution is 5.92. The molecule has 2 aromatic carbocycles. The Labute approximate surface area is 163 Å². The summed E-state index contributed by atoms with van der Waals surface area (Å²) >= 11 is 0. The Morgan fingerprint density at radius 3 is 2.29 bits per heavy atom. The number of anilines is 1. The number of likely N-dealkylation sites (tertiary alicyclic amines) is 1. The Hall–Kier alpha value is -3.22. The molecule has 1 saturated heterocycles. The molecule has 7 heteroatoms. The van der Waals surface area contributed by atoms with Gasteiger partial charge in [0.1, 0.15) is 0 Å². The number of amides is 2. The molecule has 1 heterocycles. The van der Waals surface area contributed by atoms with E-state index in [0.29, 0.717) is 38.0 Å². The average molecular weight is 381 g/mol. The first-order chi connectivity index (χ1) is 13.5. The van der Waals surface area contributed by atoms with Gasteiger partial charge in [-0.3, -0.25) is 19.7 Å². The number of carbonyl (C=O) groups is 2. The quantitative estimate of drug-likeness (QED) is 0.613. The number of aryl methyl sites for hydroxylation is 1. The van der Waals surface area contributed by atoms with Gasteiger partial charge in [-0.2, -0.15) is 0 Å². The second-order valence-corrected chi connectivity index (χ2v) is 6.93. The fourth-order valence-electron chi connectivity index (χ4n) is 3.36. The van der Waals surface area contributed by atoms with Gasteiger partial charge in [0, 0.05) is 43.2 Å². The zero-order chi connectivity index (χ0) is 19.9. The summed E-state index contributed by atoms with van der Waals surface area (Å²) in [7, 11) is 0. The predicted octanol–water partition coefficient (Wildman–Crippen LogP) is 3.40. The van der Waals surface area contributed by atoms with Gasteiger partial charge in [-0.05, 0) is 37.0 Å². The van der Waals surface area contributed by atoms with Crippen molar-refractivity contribution in [2.75, 3.05) is 18.4 Å². The Bertz CT molecular complexity index is 828. The van der Waals surface area contributed by atoms with E-state index in [9.17, 15) is 19.7 Å². The number of benzene rings is 2. The lowest BCUT2D eigenvalue weighted by atomic mass is 9.95. The molecule has 0 saturated carbocycles. The Morgan fingerprint density at radius 2 is 1.68 bits per heavy atom. The van der Waals surface area contributed by atoms with Crippen molar-refractivity contribution in [3.63, 3.8) is 0 Å². The number of nitrogens with one attached hydrogen (secondary N) is 1.